The molecule has 0 aromatic rings. The second-order valence-corrected chi connectivity index (χ2v) is 5.20. The standard InChI is InChI=1S/C12H23ClN2/c1-7-12(5,6)15-14-8-10(4)11(13)9(2)3/h8-9,15H,7H2,1-6H3/b11-10+,14-8+. The molecule has 0 atom stereocenters. The van der Waals surface area contributed by atoms with Gasteiger partial charge in [0.2, 0.25) is 0 Å². The molecule has 0 aromatic heterocycles. The Morgan fingerprint density at radius 2 is 2.00 bits per heavy atom. The van der Waals surface area contributed by atoms with Crippen LogP contribution in [0, 0.1) is 5.92 Å². The first-order valence-corrected chi connectivity index (χ1v) is 5.84. The lowest BCUT2D eigenvalue weighted by Crippen LogP contribution is -2.34. The molecule has 0 amide bonds. The summed E-state index contributed by atoms with van der Waals surface area (Å²) in [6.45, 7) is 12.5. The fourth-order valence-electron chi connectivity index (χ4n) is 0.900. The van der Waals surface area contributed by atoms with Gasteiger partial charge in [-0.25, -0.2) is 0 Å². The number of allylic oxidation sites excluding steroid dienone is 2. The summed E-state index contributed by atoms with van der Waals surface area (Å²) in [5.74, 6) is 0.359. The van der Waals surface area contributed by atoms with Gasteiger partial charge in [0.15, 0.2) is 0 Å². The van der Waals surface area contributed by atoms with Crippen LogP contribution in [0.2, 0.25) is 0 Å². The third kappa shape index (κ3) is 5.83. The van der Waals surface area contributed by atoms with Crippen molar-refractivity contribution >= 4 is 17.8 Å². The molecule has 88 valence electrons. The van der Waals surface area contributed by atoms with Crippen LogP contribution in [0.3, 0.4) is 0 Å². The van der Waals surface area contributed by atoms with Crippen molar-refractivity contribution in [2.24, 2.45) is 11.0 Å². The van der Waals surface area contributed by atoms with Gasteiger partial charge in [0.25, 0.3) is 0 Å². The van der Waals surface area contributed by atoms with E-state index in [2.05, 4.69) is 45.1 Å². The van der Waals surface area contributed by atoms with E-state index in [0.717, 1.165) is 17.0 Å². The number of nitrogens with zero attached hydrogens (tertiary/aromatic N) is 1. The molecule has 0 aliphatic carbocycles. The summed E-state index contributed by atoms with van der Waals surface area (Å²) in [6.07, 6.45) is 2.82. The molecular weight excluding hydrogens is 208 g/mol. The third-order valence-electron chi connectivity index (χ3n) is 2.39. The first-order chi connectivity index (χ1) is 6.80. The van der Waals surface area contributed by atoms with E-state index in [0.29, 0.717) is 5.92 Å². The summed E-state index contributed by atoms with van der Waals surface area (Å²) in [4.78, 5) is 0. The Hall–Kier alpha value is -0.500. The Morgan fingerprint density at radius 1 is 1.47 bits per heavy atom. The van der Waals surface area contributed by atoms with Crippen LogP contribution in [0.15, 0.2) is 15.7 Å². The molecule has 0 heterocycles. The van der Waals surface area contributed by atoms with Crippen molar-refractivity contribution in [3.8, 4) is 0 Å². The van der Waals surface area contributed by atoms with Crippen molar-refractivity contribution in [1.29, 1.82) is 0 Å². The van der Waals surface area contributed by atoms with Gasteiger partial charge in [-0.15, -0.1) is 0 Å². The second kappa shape index (κ2) is 6.16. The van der Waals surface area contributed by atoms with E-state index < -0.39 is 0 Å². The van der Waals surface area contributed by atoms with E-state index in [1.807, 2.05) is 6.92 Å². The van der Waals surface area contributed by atoms with Gasteiger partial charge in [0.05, 0.1) is 6.21 Å². The van der Waals surface area contributed by atoms with Gasteiger partial charge in [-0.05, 0) is 38.7 Å². The number of halogens is 1. The molecule has 0 rings (SSSR count). The largest absolute Gasteiger partial charge is 0.305 e. The Bertz CT molecular complexity index is 252. The molecule has 0 aliphatic rings. The van der Waals surface area contributed by atoms with Crippen molar-refractivity contribution in [3.05, 3.63) is 10.6 Å². The van der Waals surface area contributed by atoms with Gasteiger partial charge < -0.3 is 5.43 Å². The molecule has 0 aliphatic heterocycles. The highest BCUT2D eigenvalue weighted by Gasteiger charge is 2.12. The van der Waals surface area contributed by atoms with Crippen molar-refractivity contribution in [3.63, 3.8) is 0 Å². The molecule has 0 unspecified atom stereocenters. The zero-order chi connectivity index (χ0) is 12.1. The molecule has 0 bridgehead atoms. The minimum atomic E-state index is 0.0427. The van der Waals surface area contributed by atoms with Crippen LogP contribution in [0.1, 0.15) is 48.0 Å². The quantitative estimate of drug-likeness (QED) is 0.562. The smallest absolute Gasteiger partial charge is 0.0509 e. The molecule has 0 saturated carbocycles. The first-order valence-electron chi connectivity index (χ1n) is 5.46. The molecule has 0 saturated heterocycles. The van der Waals surface area contributed by atoms with Gasteiger partial charge in [-0.2, -0.15) is 5.10 Å². The first kappa shape index (κ1) is 14.5. The Morgan fingerprint density at radius 3 is 2.40 bits per heavy atom. The lowest BCUT2D eigenvalue weighted by molar-refractivity contribution is 0.388. The topological polar surface area (TPSA) is 24.4 Å². The van der Waals surface area contributed by atoms with E-state index in [4.69, 9.17) is 11.6 Å². The van der Waals surface area contributed by atoms with Gasteiger partial charge in [0.1, 0.15) is 0 Å². The van der Waals surface area contributed by atoms with Gasteiger partial charge in [-0.3, -0.25) is 0 Å². The van der Waals surface area contributed by atoms with E-state index in [9.17, 15) is 0 Å². The average molecular weight is 231 g/mol. The summed E-state index contributed by atoms with van der Waals surface area (Å²) in [5.41, 5.74) is 4.17. The molecule has 2 nitrogen and oxygen atoms in total. The highest BCUT2D eigenvalue weighted by atomic mass is 35.5. The molecule has 3 heteroatoms. The van der Waals surface area contributed by atoms with Crippen LogP contribution in [-0.2, 0) is 0 Å². The summed E-state index contributed by atoms with van der Waals surface area (Å²) in [6, 6.07) is 0. The van der Waals surface area contributed by atoms with Crippen LogP contribution in [0.25, 0.3) is 0 Å². The van der Waals surface area contributed by atoms with Gasteiger partial charge in [-0.1, -0.05) is 32.4 Å². The molecule has 15 heavy (non-hydrogen) atoms. The van der Waals surface area contributed by atoms with Crippen molar-refractivity contribution in [2.75, 3.05) is 0 Å². The Kier molecular flexibility index (Phi) is 5.96. The number of hydrogen-bond acceptors (Lipinski definition) is 2. The summed E-state index contributed by atoms with van der Waals surface area (Å²) in [7, 11) is 0. The number of nitrogens with one attached hydrogen (secondary N) is 1. The van der Waals surface area contributed by atoms with Crippen molar-refractivity contribution in [2.45, 2.75) is 53.5 Å². The molecule has 0 radical (unpaired) electrons. The maximum atomic E-state index is 6.11. The van der Waals surface area contributed by atoms with Crippen LogP contribution in [0.4, 0.5) is 0 Å². The number of rotatable bonds is 5. The van der Waals surface area contributed by atoms with Crippen LogP contribution >= 0.6 is 11.6 Å². The molecule has 1 N–H and O–H groups in total. The van der Waals surface area contributed by atoms with E-state index >= 15 is 0 Å². The predicted molar refractivity (Wildman–Crippen MR) is 69.4 cm³/mol. The van der Waals surface area contributed by atoms with Crippen LogP contribution < -0.4 is 5.43 Å². The van der Waals surface area contributed by atoms with Crippen LogP contribution in [-0.4, -0.2) is 11.8 Å². The predicted octanol–water partition coefficient (Wildman–Crippen LogP) is 3.92. The second-order valence-electron chi connectivity index (χ2n) is 4.79. The number of hydrogen-bond donors (Lipinski definition) is 1. The normalized spacial score (nSPS) is 14.7. The highest BCUT2D eigenvalue weighted by molar-refractivity contribution is 6.31. The van der Waals surface area contributed by atoms with E-state index in [1.54, 1.807) is 6.21 Å². The minimum Gasteiger partial charge on any atom is -0.305 e. The summed E-state index contributed by atoms with van der Waals surface area (Å²) < 4.78 is 0. The lowest BCUT2D eigenvalue weighted by Gasteiger charge is -2.21. The van der Waals surface area contributed by atoms with Gasteiger partial charge >= 0.3 is 0 Å². The van der Waals surface area contributed by atoms with E-state index in [-0.39, 0.29) is 5.54 Å². The Balaban J connectivity index is 4.37. The molecule has 0 aromatic carbocycles. The minimum absolute atomic E-state index is 0.0427. The fraction of sp³-hybridized carbons (Fsp3) is 0.750. The third-order valence-corrected chi connectivity index (χ3v) is 3.13. The zero-order valence-electron chi connectivity index (χ0n) is 10.7. The van der Waals surface area contributed by atoms with Crippen LogP contribution in [0.5, 0.6) is 0 Å². The van der Waals surface area contributed by atoms with Gasteiger partial charge in [0, 0.05) is 10.6 Å². The average Bonchev–Trinajstić information content (AvgIpc) is 2.16. The van der Waals surface area contributed by atoms with Crippen molar-refractivity contribution in [1.82, 2.24) is 5.43 Å². The fourth-order valence-corrected chi connectivity index (χ4v) is 0.949. The summed E-state index contributed by atoms with van der Waals surface area (Å²) in [5, 5.41) is 5.07. The highest BCUT2D eigenvalue weighted by Crippen LogP contribution is 2.17. The summed E-state index contributed by atoms with van der Waals surface area (Å²) >= 11 is 6.11. The SMILES string of the molecule is CCC(C)(C)N/N=C/C(C)=C(/Cl)C(C)C. The molecule has 0 fully saturated rings. The lowest BCUT2D eigenvalue weighted by atomic mass is 10.0. The van der Waals surface area contributed by atoms with Crippen molar-refractivity contribution < 1.29 is 0 Å². The number of hydrazone groups is 1. The van der Waals surface area contributed by atoms with E-state index in [1.165, 1.54) is 0 Å². The zero-order valence-corrected chi connectivity index (χ0v) is 11.4. The maximum Gasteiger partial charge on any atom is 0.0509 e. The Labute approximate surface area is 98.8 Å². The maximum absolute atomic E-state index is 6.11. The monoisotopic (exact) mass is 230 g/mol. The molecular formula is C12H23ClN2. The molecule has 0 spiro atoms.